The zero-order chi connectivity index (χ0) is 24.3. The first-order valence-electron chi connectivity index (χ1n) is 10.3. The van der Waals surface area contributed by atoms with Gasteiger partial charge in [-0.1, -0.05) is 18.2 Å². The van der Waals surface area contributed by atoms with Gasteiger partial charge in [0.25, 0.3) is 0 Å². The Morgan fingerprint density at radius 2 is 1.79 bits per heavy atom. The Morgan fingerprint density at radius 1 is 1.09 bits per heavy atom. The van der Waals surface area contributed by atoms with Gasteiger partial charge < -0.3 is 0 Å². The molecule has 0 saturated heterocycles. The van der Waals surface area contributed by atoms with Gasteiger partial charge in [-0.25, -0.2) is 0 Å². The number of rotatable bonds is 8. The number of para-hydroxylation sites is 1. The zero-order valence-corrected chi connectivity index (χ0v) is 21.1. The summed E-state index contributed by atoms with van der Waals surface area (Å²) in [6, 6.07) is 14.1. The summed E-state index contributed by atoms with van der Waals surface area (Å²) >= 11 is -5.09. The van der Waals surface area contributed by atoms with Gasteiger partial charge in [-0.15, -0.1) is 0 Å². The Morgan fingerprint density at radius 3 is 2.42 bits per heavy atom. The van der Waals surface area contributed by atoms with Crippen molar-refractivity contribution in [2.75, 3.05) is 17.2 Å². The molecule has 33 heavy (non-hydrogen) atoms. The maximum atomic E-state index is 11.9. The molecule has 0 atom stereocenters. The van der Waals surface area contributed by atoms with Crippen molar-refractivity contribution in [3.63, 3.8) is 0 Å². The SMILES string of the molecule is CC1(C)/C(=C/C=C/C=Nc2ccccc2)N(CCCS(=O)(=O)O)c2ccc([As](=O)(O)O)cc21. The normalized spacial score (nSPS) is 17.4. The third kappa shape index (κ3) is 6.34. The van der Waals surface area contributed by atoms with E-state index in [9.17, 15) is 20.3 Å². The van der Waals surface area contributed by atoms with Crippen LogP contribution in [0.5, 0.6) is 0 Å². The van der Waals surface area contributed by atoms with Crippen LogP contribution in [0.2, 0.25) is 0 Å². The minimum absolute atomic E-state index is 0.00961. The summed E-state index contributed by atoms with van der Waals surface area (Å²) in [6.45, 7) is 4.21. The van der Waals surface area contributed by atoms with E-state index in [1.165, 1.54) is 12.1 Å². The van der Waals surface area contributed by atoms with Crippen LogP contribution in [0.1, 0.15) is 25.8 Å². The molecule has 0 unspecified atom stereocenters. The molecule has 1 aliphatic rings. The molecular weight excluding hydrogens is 507 g/mol. The van der Waals surface area contributed by atoms with Crippen LogP contribution in [0.25, 0.3) is 0 Å². The van der Waals surface area contributed by atoms with Gasteiger partial charge in [-0.3, -0.25) is 0 Å². The molecule has 0 aromatic heterocycles. The Bertz CT molecular complexity index is 1250. The van der Waals surface area contributed by atoms with E-state index in [4.69, 9.17) is 4.55 Å². The Balaban J connectivity index is 1.94. The maximum absolute atomic E-state index is 11.9. The fourth-order valence-electron chi connectivity index (χ4n) is 3.83. The van der Waals surface area contributed by atoms with Gasteiger partial charge in [0.2, 0.25) is 0 Å². The molecule has 3 rings (SSSR count). The van der Waals surface area contributed by atoms with E-state index < -0.39 is 29.7 Å². The van der Waals surface area contributed by atoms with Crippen molar-refractivity contribution >= 4 is 46.2 Å². The minimum atomic E-state index is -5.09. The van der Waals surface area contributed by atoms with Crippen LogP contribution in [0.15, 0.2) is 77.4 Å². The van der Waals surface area contributed by atoms with E-state index >= 15 is 0 Å². The number of nitrogens with zero attached hydrogens (tertiary/aromatic N) is 2. The van der Waals surface area contributed by atoms with Crippen LogP contribution in [0.3, 0.4) is 0 Å². The molecule has 0 radical (unpaired) electrons. The van der Waals surface area contributed by atoms with Crippen LogP contribution in [-0.4, -0.2) is 53.8 Å². The molecule has 3 N–H and O–H groups in total. The first-order valence-corrected chi connectivity index (χ1v) is 15.3. The third-order valence-corrected chi connectivity index (χ3v) is 8.23. The van der Waals surface area contributed by atoms with Crippen LogP contribution in [-0.2, 0) is 19.3 Å². The molecule has 0 bridgehead atoms. The standard InChI is InChI=1S/C23H27AsN2O6S/c1-23(2)20-17-18(24(27,28)29)12-13-21(20)26(15-8-16-33(30,31)32)22(23)11-6-7-14-25-19-9-4-3-5-10-19/h3-7,9-14,17H,8,15-16H2,1-2H3,(H2,27,28,29)(H,30,31,32)/b7-6+,22-11-,25-14?. The summed E-state index contributed by atoms with van der Waals surface area (Å²) < 4.78 is 62.7. The van der Waals surface area contributed by atoms with E-state index in [2.05, 4.69) is 4.99 Å². The fourth-order valence-corrected chi connectivity index (χ4v) is 5.51. The second kappa shape index (κ2) is 9.83. The summed E-state index contributed by atoms with van der Waals surface area (Å²) in [7, 11) is -4.09. The second-order valence-electron chi connectivity index (χ2n) is 8.21. The van der Waals surface area contributed by atoms with Crippen LogP contribution in [0, 0.1) is 0 Å². The van der Waals surface area contributed by atoms with E-state index in [0.717, 1.165) is 22.6 Å². The number of aliphatic imine (C=N–C) groups is 1. The van der Waals surface area contributed by atoms with Crippen molar-refractivity contribution < 1.29 is 24.9 Å². The molecule has 2 aromatic rings. The number of fused-ring (bicyclic) bond motifs is 1. The summed E-state index contributed by atoms with van der Waals surface area (Å²) in [5, 5.41) is 0. The number of anilines is 1. The first-order chi connectivity index (χ1) is 15.4. The number of hydrogen-bond donors (Lipinski definition) is 3. The van der Waals surface area contributed by atoms with E-state index in [1.54, 1.807) is 18.4 Å². The van der Waals surface area contributed by atoms with E-state index in [-0.39, 0.29) is 16.5 Å². The third-order valence-electron chi connectivity index (χ3n) is 5.43. The van der Waals surface area contributed by atoms with Crippen LogP contribution < -0.4 is 9.25 Å². The Labute approximate surface area is 196 Å². The average molecular weight is 534 g/mol. The molecule has 0 fully saturated rings. The van der Waals surface area contributed by atoms with Crippen molar-refractivity contribution in [2.24, 2.45) is 4.99 Å². The first kappa shape index (κ1) is 25.2. The fraction of sp³-hybridized carbons (Fsp3) is 0.261. The molecule has 1 heterocycles. The molecule has 0 amide bonds. The molecule has 2 aromatic carbocycles. The zero-order valence-electron chi connectivity index (χ0n) is 18.4. The molecule has 0 saturated carbocycles. The molecule has 176 valence electrons. The van der Waals surface area contributed by atoms with Gasteiger partial charge in [0.05, 0.1) is 0 Å². The van der Waals surface area contributed by atoms with Gasteiger partial charge in [-0.2, -0.15) is 0 Å². The molecule has 0 spiro atoms. The average Bonchev–Trinajstić information content (AvgIpc) is 2.93. The van der Waals surface area contributed by atoms with Gasteiger partial charge in [0.15, 0.2) is 0 Å². The summed E-state index contributed by atoms with van der Waals surface area (Å²) in [5.74, 6) is -0.379. The number of hydrogen-bond acceptors (Lipinski definition) is 5. The van der Waals surface area contributed by atoms with Crippen molar-refractivity contribution in [1.82, 2.24) is 0 Å². The molecular formula is C23H27AsN2O6S. The van der Waals surface area contributed by atoms with Gasteiger partial charge in [0.1, 0.15) is 0 Å². The van der Waals surface area contributed by atoms with E-state index in [1.807, 2.05) is 61.2 Å². The van der Waals surface area contributed by atoms with Crippen molar-refractivity contribution in [2.45, 2.75) is 25.7 Å². The Kier molecular flexibility index (Phi) is 7.51. The molecule has 8 nitrogen and oxygen atoms in total. The van der Waals surface area contributed by atoms with Gasteiger partial charge in [0, 0.05) is 0 Å². The quantitative estimate of drug-likeness (QED) is 0.270. The van der Waals surface area contributed by atoms with Crippen molar-refractivity contribution in [3.05, 3.63) is 78.0 Å². The predicted molar refractivity (Wildman–Crippen MR) is 130 cm³/mol. The number of benzene rings is 2. The summed E-state index contributed by atoms with van der Waals surface area (Å²) in [5.41, 5.74) is 2.57. The molecule has 1 aliphatic heterocycles. The predicted octanol–water partition coefficient (Wildman–Crippen LogP) is 2.47. The monoisotopic (exact) mass is 534 g/mol. The summed E-state index contributed by atoms with van der Waals surface area (Å²) in [6.07, 6.45) is 7.33. The van der Waals surface area contributed by atoms with Crippen molar-refractivity contribution in [3.8, 4) is 0 Å². The van der Waals surface area contributed by atoms with Crippen LogP contribution >= 0.6 is 0 Å². The molecule has 10 heteroatoms. The van der Waals surface area contributed by atoms with Crippen LogP contribution in [0.4, 0.5) is 11.4 Å². The topological polar surface area (TPSA) is 128 Å². The van der Waals surface area contributed by atoms with Gasteiger partial charge >= 0.3 is 179 Å². The number of allylic oxidation sites excluding steroid dienone is 4. The Hall–Kier alpha value is -2.42. The van der Waals surface area contributed by atoms with Crippen molar-refractivity contribution in [1.29, 1.82) is 0 Å². The second-order valence-corrected chi connectivity index (χ2v) is 13.2. The van der Waals surface area contributed by atoms with E-state index in [0.29, 0.717) is 6.54 Å². The summed E-state index contributed by atoms with van der Waals surface area (Å²) in [4.78, 5) is 6.27. The molecule has 0 aliphatic carbocycles. The van der Waals surface area contributed by atoms with Gasteiger partial charge in [-0.05, 0) is 0 Å².